The molecular weight excluding hydrogens is 337 g/mol. The van der Waals surface area contributed by atoms with Gasteiger partial charge in [0.25, 0.3) is 0 Å². The van der Waals surface area contributed by atoms with Crippen LogP contribution in [0.15, 0.2) is 60.7 Å². The van der Waals surface area contributed by atoms with Gasteiger partial charge in [-0.25, -0.2) is 0 Å². The maximum atomic E-state index is 12.3. The van der Waals surface area contributed by atoms with Crippen LogP contribution in [0.1, 0.15) is 24.2 Å². The number of hydrogen-bond donors (Lipinski definition) is 4. The molecule has 0 bridgehead atoms. The zero-order valence-corrected chi connectivity index (χ0v) is 15.2. The molecule has 2 aromatic rings. The van der Waals surface area contributed by atoms with E-state index in [4.69, 9.17) is 0 Å². The van der Waals surface area contributed by atoms with Gasteiger partial charge in [0, 0.05) is 18.7 Å². The average molecular weight is 363 g/mol. The Morgan fingerprint density at radius 3 is 2.16 bits per heavy atom. The minimum Gasteiger partial charge on any atom is -0.391 e. The molecule has 2 rings (SSSR count). The molecular formula is C19H26NO4P. The van der Waals surface area contributed by atoms with Crippen LogP contribution in [-0.2, 0) is 10.7 Å². The minimum absolute atomic E-state index is 0.0487. The van der Waals surface area contributed by atoms with E-state index in [1.165, 1.54) is 0 Å². The molecule has 0 heterocycles. The smallest absolute Gasteiger partial charge is 0.207 e. The van der Waals surface area contributed by atoms with Crippen LogP contribution in [0.25, 0.3) is 0 Å². The van der Waals surface area contributed by atoms with Gasteiger partial charge < -0.3 is 20.4 Å². The van der Waals surface area contributed by atoms with E-state index in [0.29, 0.717) is 0 Å². The van der Waals surface area contributed by atoms with Gasteiger partial charge in [0.1, 0.15) is 0 Å². The first-order valence-electron chi connectivity index (χ1n) is 8.36. The number of benzene rings is 2. The molecule has 0 saturated carbocycles. The fourth-order valence-corrected chi connectivity index (χ4v) is 4.40. The van der Waals surface area contributed by atoms with Crippen LogP contribution in [0, 0.1) is 0 Å². The fourth-order valence-electron chi connectivity index (χ4n) is 2.70. The Hall–Kier alpha value is -1.49. The Morgan fingerprint density at radius 1 is 1.00 bits per heavy atom. The SMILES string of the molecule is C[C@@H](NC[C@H](O)CP(=O)(O)Cc1ccccc1)[C@H](O)c1ccccc1. The summed E-state index contributed by atoms with van der Waals surface area (Å²) in [6, 6.07) is 18.1. The molecule has 0 spiro atoms. The van der Waals surface area contributed by atoms with Gasteiger partial charge in [-0.2, -0.15) is 0 Å². The standard InChI is InChI=1S/C19H26NO4P/c1-15(19(22)17-10-6-3-7-11-17)20-12-18(21)14-25(23,24)13-16-8-4-2-5-9-16/h2-11,15,18-22H,12-14H2,1H3,(H,23,24)/t15-,18+,19+/m1/s1. The van der Waals surface area contributed by atoms with Gasteiger partial charge in [-0.05, 0) is 18.1 Å². The predicted octanol–water partition coefficient (Wildman–Crippen LogP) is 2.53. The van der Waals surface area contributed by atoms with Gasteiger partial charge in [0.05, 0.1) is 18.4 Å². The van der Waals surface area contributed by atoms with Gasteiger partial charge >= 0.3 is 0 Å². The lowest BCUT2D eigenvalue weighted by Gasteiger charge is -2.23. The van der Waals surface area contributed by atoms with Crippen LogP contribution in [0.5, 0.6) is 0 Å². The van der Waals surface area contributed by atoms with Gasteiger partial charge in [0.2, 0.25) is 7.37 Å². The summed E-state index contributed by atoms with van der Waals surface area (Å²) in [6.45, 7) is 1.96. The molecule has 6 heteroatoms. The molecule has 0 saturated heterocycles. The molecule has 4 N–H and O–H groups in total. The zero-order chi connectivity index (χ0) is 18.3. The topological polar surface area (TPSA) is 89.8 Å². The highest BCUT2D eigenvalue weighted by Crippen LogP contribution is 2.44. The summed E-state index contributed by atoms with van der Waals surface area (Å²) < 4.78 is 12.3. The van der Waals surface area contributed by atoms with Crippen molar-refractivity contribution in [3.63, 3.8) is 0 Å². The zero-order valence-electron chi connectivity index (χ0n) is 14.3. The Balaban J connectivity index is 1.81. The summed E-state index contributed by atoms with van der Waals surface area (Å²) in [5, 5.41) is 23.4. The molecule has 2 aromatic carbocycles. The van der Waals surface area contributed by atoms with Crippen molar-refractivity contribution in [3.05, 3.63) is 71.8 Å². The Bertz CT molecular complexity index is 680. The Kier molecular flexibility index (Phi) is 7.36. The highest BCUT2D eigenvalue weighted by Gasteiger charge is 2.24. The minimum atomic E-state index is -3.46. The first-order valence-corrected chi connectivity index (χ1v) is 10.4. The van der Waals surface area contributed by atoms with Crippen molar-refractivity contribution in [1.29, 1.82) is 0 Å². The maximum Gasteiger partial charge on any atom is 0.207 e. The summed E-state index contributed by atoms with van der Waals surface area (Å²) in [5.74, 6) is 0. The van der Waals surface area contributed by atoms with Crippen LogP contribution < -0.4 is 5.32 Å². The third-order valence-corrected chi connectivity index (χ3v) is 5.91. The van der Waals surface area contributed by atoms with Crippen molar-refractivity contribution in [2.45, 2.75) is 31.3 Å². The second kappa shape index (κ2) is 9.27. The van der Waals surface area contributed by atoms with E-state index in [1.54, 1.807) is 12.1 Å². The molecule has 0 aromatic heterocycles. The fraction of sp³-hybridized carbons (Fsp3) is 0.368. The van der Waals surface area contributed by atoms with Crippen LogP contribution in [-0.4, -0.2) is 40.0 Å². The van der Waals surface area contributed by atoms with Gasteiger partial charge in [-0.15, -0.1) is 0 Å². The van der Waals surface area contributed by atoms with Crippen molar-refractivity contribution in [3.8, 4) is 0 Å². The summed E-state index contributed by atoms with van der Waals surface area (Å²) >= 11 is 0. The molecule has 0 aliphatic rings. The van der Waals surface area contributed by atoms with Crippen LogP contribution in [0.3, 0.4) is 0 Å². The first kappa shape index (κ1) is 19.8. The largest absolute Gasteiger partial charge is 0.391 e. The van der Waals surface area contributed by atoms with Crippen LogP contribution >= 0.6 is 7.37 Å². The van der Waals surface area contributed by atoms with E-state index < -0.39 is 19.6 Å². The van der Waals surface area contributed by atoms with Crippen molar-refractivity contribution < 1.29 is 19.7 Å². The van der Waals surface area contributed by atoms with Crippen molar-refractivity contribution in [1.82, 2.24) is 5.32 Å². The molecule has 4 atom stereocenters. The number of rotatable bonds is 9. The molecule has 25 heavy (non-hydrogen) atoms. The molecule has 0 aliphatic carbocycles. The molecule has 1 unspecified atom stereocenters. The van der Waals surface area contributed by atoms with E-state index in [9.17, 15) is 19.7 Å². The Morgan fingerprint density at radius 2 is 1.56 bits per heavy atom. The van der Waals surface area contributed by atoms with E-state index in [0.717, 1.165) is 11.1 Å². The summed E-state index contributed by atoms with van der Waals surface area (Å²) in [5.41, 5.74) is 1.57. The lowest BCUT2D eigenvalue weighted by Crippen LogP contribution is -2.38. The lowest BCUT2D eigenvalue weighted by atomic mass is 10.0. The van der Waals surface area contributed by atoms with Crippen LogP contribution in [0.2, 0.25) is 0 Å². The van der Waals surface area contributed by atoms with Gasteiger partial charge in [-0.3, -0.25) is 4.57 Å². The number of hydrogen-bond acceptors (Lipinski definition) is 4. The first-order chi connectivity index (χ1) is 11.9. The number of aliphatic hydroxyl groups excluding tert-OH is 2. The lowest BCUT2D eigenvalue weighted by molar-refractivity contribution is 0.121. The highest BCUT2D eigenvalue weighted by atomic mass is 31.2. The third kappa shape index (κ3) is 6.73. The molecule has 0 amide bonds. The number of aliphatic hydroxyl groups is 2. The highest BCUT2D eigenvalue weighted by molar-refractivity contribution is 7.57. The molecule has 0 aliphatic heterocycles. The molecule has 0 radical (unpaired) electrons. The van der Waals surface area contributed by atoms with E-state index in [-0.39, 0.29) is 24.9 Å². The monoisotopic (exact) mass is 363 g/mol. The molecule has 0 fully saturated rings. The van der Waals surface area contributed by atoms with Gasteiger partial charge in [-0.1, -0.05) is 60.7 Å². The normalized spacial score (nSPS) is 17.4. The van der Waals surface area contributed by atoms with Gasteiger partial charge in [0.15, 0.2) is 0 Å². The van der Waals surface area contributed by atoms with E-state index >= 15 is 0 Å². The van der Waals surface area contributed by atoms with Crippen molar-refractivity contribution in [2.24, 2.45) is 0 Å². The molecule has 136 valence electrons. The Labute approximate surface area is 148 Å². The third-order valence-electron chi connectivity index (χ3n) is 4.06. The average Bonchev–Trinajstić information content (AvgIpc) is 2.59. The second-order valence-corrected chi connectivity index (χ2v) is 8.75. The predicted molar refractivity (Wildman–Crippen MR) is 99.7 cm³/mol. The summed E-state index contributed by atoms with van der Waals surface area (Å²) in [7, 11) is -3.46. The number of nitrogens with one attached hydrogen (secondary N) is 1. The van der Waals surface area contributed by atoms with E-state index in [2.05, 4.69) is 5.32 Å². The quantitative estimate of drug-likeness (QED) is 0.514. The maximum absolute atomic E-state index is 12.3. The van der Waals surface area contributed by atoms with Crippen molar-refractivity contribution in [2.75, 3.05) is 12.7 Å². The summed E-state index contributed by atoms with van der Waals surface area (Å²) in [4.78, 5) is 10.1. The van der Waals surface area contributed by atoms with Crippen LogP contribution in [0.4, 0.5) is 0 Å². The summed E-state index contributed by atoms with van der Waals surface area (Å²) in [6.07, 6.45) is -1.79. The van der Waals surface area contributed by atoms with E-state index in [1.807, 2.05) is 55.5 Å². The van der Waals surface area contributed by atoms with Crippen molar-refractivity contribution >= 4 is 7.37 Å². The second-order valence-electron chi connectivity index (χ2n) is 6.38. The molecule has 5 nitrogen and oxygen atoms in total.